The molecule has 0 unspecified atom stereocenters. The van der Waals surface area contributed by atoms with Crippen molar-refractivity contribution in [2.45, 2.75) is 59.2 Å². The molecule has 2 aromatic rings. The van der Waals surface area contributed by atoms with Gasteiger partial charge in [0.05, 0.1) is 16.9 Å². The molecule has 0 saturated carbocycles. The maximum atomic E-state index is 13.7. The molecule has 2 amide bonds. The van der Waals surface area contributed by atoms with Crippen molar-refractivity contribution in [2.75, 3.05) is 17.1 Å². The molecule has 2 rings (SSSR count). The molecule has 2 aromatic carbocycles. The second-order valence-corrected chi connectivity index (χ2v) is 11.2. The van der Waals surface area contributed by atoms with E-state index < -0.39 is 33.4 Å². The third kappa shape index (κ3) is 8.16. The molecule has 10 nitrogen and oxygen atoms in total. The van der Waals surface area contributed by atoms with Crippen molar-refractivity contribution in [2.24, 2.45) is 0 Å². The Bertz CT molecular complexity index is 1240. The summed E-state index contributed by atoms with van der Waals surface area (Å²) in [5.74, 6) is -0.978. The van der Waals surface area contributed by atoms with Crippen LogP contribution < -0.4 is 9.62 Å². The number of halogens is 1. The standard InChI is InChI=1S/C25H33ClN4O6S/c1-6-18(4)27-25(32)22(7-2)28(15-19-9-11-20(26)12-10-19)24(31)16-29(37(5,35)36)23-14-21(30(33)34)13-8-17(23)3/h8-14,18,22H,6-7,15-16H2,1-5H3,(H,27,32)/t18-,22+/m0/s1. The van der Waals surface area contributed by atoms with Crippen LogP contribution in [0, 0.1) is 17.0 Å². The van der Waals surface area contributed by atoms with Crippen LogP contribution in [0.4, 0.5) is 11.4 Å². The lowest BCUT2D eigenvalue weighted by Gasteiger charge is -2.33. The van der Waals surface area contributed by atoms with E-state index in [0.717, 1.165) is 16.6 Å². The van der Waals surface area contributed by atoms with E-state index in [9.17, 15) is 28.1 Å². The summed E-state index contributed by atoms with van der Waals surface area (Å²) in [7, 11) is -4.02. The van der Waals surface area contributed by atoms with Crippen molar-refractivity contribution >= 4 is 44.8 Å². The quantitative estimate of drug-likeness (QED) is 0.312. The van der Waals surface area contributed by atoms with Crippen LogP contribution in [0.2, 0.25) is 5.02 Å². The van der Waals surface area contributed by atoms with Gasteiger partial charge in [-0.15, -0.1) is 0 Å². The number of aryl methyl sites for hydroxylation is 1. The number of nitro groups is 1. The molecule has 1 N–H and O–H groups in total. The van der Waals surface area contributed by atoms with Crippen LogP contribution in [0.1, 0.15) is 44.7 Å². The minimum absolute atomic E-state index is 0.0219. The largest absolute Gasteiger partial charge is 0.352 e. The second-order valence-electron chi connectivity index (χ2n) is 8.89. The molecule has 202 valence electrons. The lowest BCUT2D eigenvalue weighted by atomic mass is 10.1. The summed E-state index contributed by atoms with van der Waals surface area (Å²) in [6.45, 7) is 6.54. The average molecular weight is 553 g/mol. The number of hydrogen-bond donors (Lipinski definition) is 1. The minimum Gasteiger partial charge on any atom is -0.352 e. The Morgan fingerprint density at radius 1 is 1.11 bits per heavy atom. The van der Waals surface area contributed by atoms with Gasteiger partial charge >= 0.3 is 0 Å². The molecule has 12 heteroatoms. The molecule has 0 saturated heterocycles. The van der Waals surface area contributed by atoms with Crippen LogP contribution in [0.3, 0.4) is 0 Å². The predicted molar refractivity (Wildman–Crippen MR) is 144 cm³/mol. The van der Waals surface area contributed by atoms with Gasteiger partial charge in [0.1, 0.15) is 12.6 Å². The van der Waals surface area contributed by atoms with Crippen molar-refractivity contribution in [3.8, 4) is 0 Å². The highest BCUT2D eigenvalue weighted by molar-refractivity contribution is 7.92. The van der Waals surface area contributed by atoms with Crippen molar-refractivity contribution in [3.63, 3.8) is 0 Å². The van der Waals surface area contributed by atoms with E-state index in [-0.39, 0.29) is 36.3 Å². The summed E-state index contributed by atoms with van der Waals surface area (Å²) in [5.41, 5.74) is 0.854. The molecule has 37 heavy (non-hydrogen) atoms. The topological polar surface area (TPSA) is 130 Å². The summed E-state index contributed by atoms with van der Waals surface area (Å²) >= 11 is 5.99. The van der Waals surface area contributed by atoms with E-state index in [2.05, 4.69) is 5.32 Å². The SMILES string of the molecule is CC[C@H](C(=O)N[C@@H](C)CC)N(Cc1ccc(Cl)cc1)C(=O)CN(c1cc([N+](=O)[O-])ccc1C)S(C)(=O)=O. The van der Waals surface area contributed by atoms with E-state index in [4.69, 9.17) is 11.6 Å². The molecule has 0 aliphatic heterocycles. The number of anilines is 1. The number of nitrogens with zero attached hydrogens (tertiary/aromatic N) is 3. The zero-order chi connectivity index (χ0) is 27.9. The number of non-ortho nitro benzene ring substituents is 1. The molecule has 0 aliphatic rings. The molecule has 0 aliphatic carbocycles. The highest BCUT2D eigenvalue weighted by atomic mass is 35.5. The summed E-state index contributed by atoms with van der Waals surface area (Å²) in [4.78, 5) is 38.9. The lowest BCUT2D eigenvalue weighted by Crippen LogP contribution is -2.53. The van der Waals surface area contributed by atoms with Crippen LogP contribution in [-0.2, 0) is 26.2 Å². The molecule has 2 atom stereocenters. The average Bonchev–Trinajstić information content (AvgIpc) is 2.83. The molecule has 0 radical (unpaired) electrons. The zero-order valence-electron chi connectivity index (χ0n) is 21.6. The number of nitrogens with one attached hydrogen (secondary N) is 1. The van der Waals surface area contributed by atoms with Gasteiger partial charge in [-0.2, -0.15) is 0 Å². The number of nitro benzene ring substituents is 1. The van der Waals surface area contributed by atoms with Gasteiger partial charge in [0.2, 0.25) is 21.8 Å². The lowest BCUT2D eigenvalue weighted by molar-refractivity contribution is -0.384. The molecule has 0 spiro atoms. The Kier molecular flexibility index (Phi) is 10.4. The Balaban J connectivity index is 2.52. The number of rotatable bonds is 12. The van der Waals surface area contributed by atoms with Crippen LogP contribution in [-0.4, -0.2) is 54.9 Å². The number of carbonyl (C=O) groups excluding carboxylic acids is 2. The molecule has 0 aromatic heterocycles. The molecule has 0 bridgehead atoms. The van der Waals surface area contributed by atoms with Crippen LogP contribution in [0.25, 0.3) is 0 Å². The summed E-state index contributed by atoms with van der Waals surface area (Å²) in [6.07, 6.45) is 1.91. The fourth-order valence-electron chi connectivity index (χ4n) is 3.72. The van der Waals surface area contributed by atoms with E-state index in [0.29, 0.717) is 22.6 Å². The van der Waals surface area contributed by atoms with Gasteiger partial charge in [0.25, 0.3) is 5.69 Å². The van der Waals surface area contributed by atoms with Gasteiger partial charge in [-0.05, 0) is 49.9 Å². The van der Waals surface area contributed by atoms with Gasteiger partial charge < -0.3 is 10.2 Å². The first-order valence-electron chi connectivity index (χ1n) is 11.8. The van der Waals surface area contributed by atoms with E-state index in [1.54, 1.807) is 38.1 Å². The molecule has 0 fully saturated rings. The molecule has 0 heterocycles. The van der Waals surface area contributed by atoms with Gasteiger partial charge in [-0.25, -0.2) is 8.42 Å². The maximum absolute atomic E-state index is 13.7. The Morgan fingerprint density at radius 2 is 1.73 bits per heavy atom. The zero-order valence-corrected chi connectivity index (χ0v) is 23.2. The first-order valence-corrected chi connectivity index (χ1v) is 14.1. The van der Waals surface area contributed by atoms with Crippen molar-refractivity contribution in [3.05, 3.63) is 68.7 Å². The summed E-state index contributed by atoms with van der Waals surface area (Å²) in [6, 6.07) is 9.60. The number of amides is 2. The highest BCUT2D eigenvalue weighted by Gasteiger charge is 2.33. The summed E-state index contributed by atoms with van der Waals surface area (Å²) < 4.78 is 26.4. The number of hydrogen-bond acceptors (Lipinski definition) is 6. The number of sulfonamides is 1. The second kappa shape index (κ2) is 12.9. The third-order valence-corrected chi connectivity index (χ3v) is 7.38. The fraction of sp³-hybridized carbons (Fsp3) is 0.440. The third-order valence-electron chi connectivity index (χ3n) is 6.00. The Hall–Kier alpha value is -3.18. The summed E-state index contributed by atoms with van der Waals surface area (Å²) in [5, 5.41) is 14.7. The molecular formula is C25H33ClN4O6S. The van der Waals surface area contributed by atoms with Crippen molar-refractivity contribution < 1.29 is 22.9 Å². The number of benzene rings is 2. The van der Waals surface area contributed by atoms with Crippen molar-refractivity contribution in [1.29, 1.82) is 0 Å². The van der Waals surface area contributed by atoms with Gasteiger partial charge in [-0.3, -0.25) is 24.0 Å². The Morgan fingerprint density at radius 3 is 2.24 bits per heavy atom. The Labute approximate surface area is 222 Å². The predicted octanol–water partition coefficient (Wildman–Crippen LogP) is 4.04. The number of carbonyl (C=O) groups is 2. The first-order chi connectivity index (χ1) is 17.3. The van der Waals surface area contributed by atoms with E-state index in [1.165, 1.54) is 17.0 Å². The smallest absolute Gasteiger partial charge is 0.271 e. The van der Waals surface area contributed by atoms with Gasteiger partial charge in [-0.1, -0.05) is 43.6 Å². The van der Waals surface area contributed by atoms with Crippen LogP contribution in [0.15, 0.2) is 42.5 Å². The van der Waals surface area contributed by atoms with Gasteiger partial charge in [0, 0.05) is 29.7 Å². The fourth-order valence-corrected chi connectivity index (χ4v) is 4.75. The monoisotopic (exact) mass is 552 g/mol. The van der Waals surface area contributed by atoms with Crippen LogP contribution in [0.5, 0.6) is 0 Å². The van der Waals surface area contributed by atoms with Gasteiger partial charge in [0.15, 0.2) is 0 Å². The van der Waals surface area contributed by atoms with Crippen molar-refractivity contribution in [1.82, 2.24) is 10.2 Å². The minimum atomic E-state index is -4.02. The normalized spacial score (nSPS) is 12.9. The molecular weight excluding hydrogens is 520 g/mol. The first kappa shape index (κ1) is 30.0. The maximum Gasteiger partial charge on any atom is 0.271 e. The van der Waals surface area contributed by atoms with Crippen LogP contribution >= 0.6 is 11.6 Å². The van der Waals surface area contributed by atoms with E-state index in [1.807, 2.05) is 13.8 Å². The van der Waals surface area contributed by atoms with E-state index >= 15 is 0 Å². The highest BCUT2D eigenvalue weighted by Crippen LogP contribution is 2.28.